The molecule has 0 aromatic carbocycles. The van der Waals surface area contributed by atoms with E-state index in [1.54, 1.807) is 6.92 Å². The Balaban J connectivity index is 2.03. The van der Waals surface area contributed by atoms with Crippen molar-refractivity contribution in [1.29, 1.82) is 0 Å². The highest BCUT2D eigenvalue weighted by Gasteiger charge is 2.19. The molecule has 0 aliphatic carbocycles. The first-order chi connectivity index (χ1) is 7.74. The van der Waals surface area contributed by atoms with E-state index in [4.69, 9.17) is 4.74 Å². The maximum Gasteiger partial charge on any atom is 0.219 e. The number of ether oxygens (including phenoxy) is 1. The summed E-state index contributed by atoms with van der Waals surface area (Å²) in [7, 11) is 0. The standard InChI is InChI=1S/C12H22N2O2/c1-3-16-10-4-7-13-12-5-8-14(9-6-12)11(2)15/h3,12-13H,1,4-10H2,2H3. The summed E-state index contributed by atoms with van der Waals surface area (Å²) >= 11 is 0. The molecular weight excluding hydrogens is 204 g/mol. The van der Waals surface area contributed by atoms with Crippen LogP contribution in [0.15, 0.2) is 12.8 Å². The fourth-order valence-corrected chi connectivity index (χ4v) is 1.94. The molecule has 4 heteroatoms. The van der Waals surface area contributed by atoms with Gasteiger partial charge in [-0.3, -0.25) is 4.79 Å². The Morgan fingerprint density at radius 1 is 1.56 bits per heavy atom. The maximum absolute atomic E-state index is 11.1. The molecule has 0 aromatic rings. The number of piperidine rings is 1. The number of carbonyl (C=O) groups excluding carboxylic acids is 1. The van der Waals surface area contributed by atoms with Gasteiger partial charge in [0.15, 0.2) is 0 Å². The summed E-state index contributed by atoms with van der Waals surface area (Å²) in [5.74, 6) is 0.192. The van der Waals surface area contributed by atoms with Crippen LogP contribution in [0.4, 0.5) is 0 Å². The van der Waals surface area contributed by atoms with Crippen LogP contribution in [0.25, 0.3) is 0 Å². The van der Waals surface area contributed by atoms with Gasteiger partial charge in [0.1, 0.15) is 0 Å². The Bertz CT molecular complexity index is 223. The van der Waals surface area contributed by atoms with Crippen molar-refractivity contribution < 1.29 is 9.53 Å². The first kappa shape index (κ1) is 13.0. The van der Waals surface area contributed by atoms with E-state index in [0.717, 1.165) is 45.5 Å². The molecule has 0 atom stereocenters. The molecule has 1 aliphatic heterocycles. The first-order valence-electron chi connectivity index (χ1n) is 5.95. The lowest BCUT2D eigenvalue weighted by molar-refractivity contribution is -0.129. The molecular formula is C12H22N2O2. The van der Waals surface area contributed by atoms with Crippen molar-refractivity contribution in [1.82, 2.24) is 10.2 Å². The zero-order valence-corrected chi connectivity index (χ0v) is 10.1. The molecule has 4 nitrogen and oxygen atoms in total. The topological polar surface area (TPSA) is 41.6 Å². The fourth-order valence-electron chi connectivity index (χ4n) is 1.94. The van der Waals surface area contributed by atoms with Crippen molar-refractivity contribution in [2.75, 3.05) is 26.2 Å². The quantitative estimate of drug-likeness (QED) is 0.545. The summed E-state index contributed by atoms with van der Waals surface area (Å²) in [5.41, 5.74) is 0. The van der Waals surface area contributed by atoms with Crippen LogP contribution in [-0.4, -0.2) is 43.1 Å². The maximum atomic E-state index is 11.1. The summed E-state index contributed by atoms with van der Waals surface area (Å²) in [6, 6.07) is 0.555. The Labute approximate surface area is 97.6 Å². The number of hydrogen-bond acceptors (Lipinski definition) is 3. The number of nitrogens with zero attached hydrogens (tertiary/aromatic N) is 1. The molecule has 1 aliphatic rings. The van der Waals surface area contributed by atoms with E-state index in [1.807, 2.05) is 4.90 Å². The Morgan fingerprint density at radius 3 is 2.81 bits per heavy atom. The predicted octanol–water partition coefficient (Wildman–Crippen LogP) is 1.14. The van der Waals surface area contributed by atoms with Gasteiger partial charge >= 0.3 is 0 Å². The van der Waals surface area contributed by atoms with E-state index in [-0.39, 0.29) is 5.91 Å². The number of carbonyl (C=O) groups is 1. The third kappa shape index (κ3) is 4.66. The number of likely N-dealkylation sites (tertiary alicyclic amines) is 1. The smallest absolute Gasteiger partial charge is 0.219 e. The van der Waals surface area contributed by atoms with Crippen LogP contribution in [0, 0.1) is 0 Å². The molecule has 1 N–H and O–H groups in total. The molecule has 16 heavy (non-hydrogen) atoms. The highest BCUT2D eigenvalue weighted by atomic mass is 16.5. The minimum atomic E-state index is 0.192. The lowest BCUT2D eigenvalue weighted by Gasteiger charge is -2.31. The van der Waals surface area contributed by atoms with Crippen molar-refractivity contribution in [3.63, 3.8) is 0 Å². The van der Waals surface area contributed by atoms with Crippen molar-refractivity contribution in [2.45, 2.75) is 32.2 Å². The van der Waals surface area contributed by atoms with Gasteiger partial charge in [0.05, 0.1) is 12.9 Å². The lowest BCUT2D eigenvalue weighted by atomic mass is 10.1. The summed E-state index contributed by atoms with van der Waals surface area (Å²) in [6.45, 7) is 8.60. The van der Waals surface area contributed by atoms with Crippen molar-refractivity contribution in [3.05, 3.63) is 12.8 Å². The second-order valence-corrected chi connectivity index (χ2v) is 4.13. The number of nitrogens with one attached hydrogen (secondary N) is 1. The zero-order chi connectivity index (χ0) is 11.8. The van der Waals surface area contributed by atoms with E-state index in [9.17, 15) is 4.79 Å². The highest BCUT2D eigenvalue weighted by Crippen LogP contribution is 2.10. The van der Waals surface area contributed by atoms with E-state index >= 15 is 0 Å². The normalized spacial score (nSPS) is 17.2. The van der Waals surface area contributed by atoms with Crippen molar-refractivity contribution in [2.24, 2.45) is 0 Å². The Morgan fingerprint density at radius 2 is 2.25 bits per heavy atom. The van der Waals surface area contributed by atoms with Crippen LogP contribution >= 0.6 is 0 Å². The largest absolute Gasteiger partial charge is 0.502 e. The zero-order valence-electron chi connectivity index (χ0n) is 10.1. The van der Waals surface area contributed by atoms with Gasteiger partial charge < -0.3 is 15.0 Å². The monoisotopic (exact) mass is 226 g/mol. The minimum Gasteiger partial charge on any atom is -0.502 e. The van der Waals surface area contributed by atoms with Crippen molar-refractivity contribution >= 4 is 5.91 Å². The lowest BCUT2D eigenvalue weighted by Crippen LogP contribution is -2.44. The highest BCUT2D eigenvalue weighted by molar-refractivity contribution is 5.73. The predicted molar refractivity (Wildman–Crippen MR) is 64.0 cm³/mol. The SMILES string of the molecule is C=COCCCNC1CCN(C(C)=O)CC1. The van der Waals surface area contributed by atoms with Crippen molar-refractivity contribution in [3.8, 4) is 0 Å². The molecule has 1 saturated heterocycles. The molecule has 0 bridgehead atoms. The number of amides is 1. The van der Waals surface area contributed by atoms with Crippen LogP contribution in [-0.2, 0) is 9.53 Å². The molecule has 1 fully saturated rings. The summed E-state index contributed by atoms with van der Waals surface area (Å²) < 4.78 is 5.04. The van der Waals surface area contributed by atoms with E-state index in [2.05, 4.69) is 11.9 Å². The summed E-state index contributed by atoms with van der Waals surface area (Å²) in [4.78, 5) is 13.0. The third-order valence-corrected chi connectivity index (χ3v) is 2.93. The second-order valence-electron chi connectivity index (χ2n) is 4.13. The second kappa shape index (κ2) is 7.28. The molecule has 0 spiro atoms. The fraction of sp³-hybridized carbons (Fsp3) is 0.750. The average Bonchev–Trinajstić information content (AvgIpc) is 2.29. The first-order valence-corrected chi connectivity index (χ1v) is 5.95. The molecule has 0 aromatic heterocycles. The van der Waals surface area contributed by atoms with Crippen LogP contribution in [0.1, 0.15) is 26.2 Å². The van der Waals surface area contributed by atoms with Gasteiger partial charge in [-0.05, 0) is 25.8 Å². The van der Waals surface area contributed by atoms with E-state index < -0.39 is 0 Å². The Kier molecular flexibility index (Phi) is 5.93. The van der Waals surface area contributed by atoms with Gasteiger partial charge in [0.2, 0.25) is 5.91 Å². The van der Waals surface area contributed by atoms with Gasteiger partial charge in [-0.2, -0.15) is 0 Å². The van der Waals surface area contributed by atoms with Crippen LogP contribution in [0.3, 0.4) is 0 Å². The van der Waals surface area contributed by atoms with Gasteiger partial charge in [-0.1, -0.05) is 6.58 Å². The summed E-state index contributed by atoms with van der Waals surface area (Å²) in [6.07, 6.45) is 4.59. The number of hydrogen-bond donors (Lipinski definition) is 1. The van der Waals surface area contributed by atoms with Gasteiger partial charge in [-0.25, -0.2) is 0 Å². The van der Waals surface area contributed by atoms with Crippen LogP contribution in [0.2, 0.25) is 0 Å². The van der Waals surface area contributed by atoms with Crippen LogP contribution in [0.5, 0.6) is 0 Å². The number of rotatable bonds is 6. The molecule has 0 saturated carbocycles. The third-order valence-electron chi connectivity index (χ3n) is 2.93. The molecule has 0 unspecified atom stereocenters. The van der Waals surface area contributed by atoms with Crippen LogP contribution < -0.4 is 5.32 Å². The average molecular weight is 226 g/mol. The molecule has 1 heterocycles. The molecule has 1 rings (SSSR count). The summed E-state index contributed by atoms with van der Waals surface area (Å²) in [5, 5.41) is 3.49. The van der Waals surface area contributed by atoms with E-state index in [0.29, 0.717) is 6.04 Å². The molecule has 1 amide bonds. The molecule has 92 valence electrons. The Hall–Kier alpha value is -1.03. The van der Waals surface area contributed by atoms with Gasteiger partial charge in [-0.15, -0.1) is 0 Å². The molecule has 0 radical (unpaired) electrons. The van der Waals surface area contributed by atoms with Gasteiger partial charge in [0, 0.05) is 26.1 Å². The minimum absolute atomic E-state index is 0.192. The van der Waals surface area contributed by atoms with E-state index in [1.165, 1.54) is 6.26 Å². The van der Waals surface area contributed by atoms with Gasteiger partial charge in [0.25, 0.3) is 0 Å².